The van der Waals surface area contributed by atoms with Gasteiger partial charge in [0.1, 0.15) is 0 Å². The van der Waals surface area contributed by atoms with Crippen LogP contribution in [-0.4, -0.2) is 76.5 Å². The Labute approximate surface area is 415 Å². The molecule has 3 N–H and O–H groups in total. The maximum absolute atomic E-state index is 13.8. The van der Waals surface area contributed by atoms with Crippen LogP contribution in [0.3, 0.4) is 0 Å². The number of nitrogens with one attached hydrogen (secondary N) is 3. The molecule has 0 fully saturated rings. The molecule has 0 amide bonds. The van der Waals surface area contributed by atoms with Gasteiger partial charge in [0.15, 0.2) is 17.3 Å². The van der Waals surface area contributed by atoms with Gasteiger partial charge in [0.05, 0.1) is 17.1 Å². The molecule has 65 heavy (non-hydrogen) atoms. The van der Waals surface area contributed by atoms with Crippen molar-refractivity contribution >= 4 is 34.1 Å². The molecule has 3 heterocycles. The molecule has 0 saturated carbocycles. The van der Waals surface area contributed by atoms with E-state index < -0.39 is 0 Å². The van der Waals surface area contributed by atoms with Crippen LogP contribution in [0.15, 0.2) is 162 Å². The van der Waals surface area contributed by atoms with Crippen molar-refractivity contribution in [3.63, 3.8) is 0 Å². The smallest absolute Gasteiger partial charge is 0.196 e. The van der Waals surface area contributed by atoms with Gasteiger partial charge in [-0.1, -0.05) is 80.5 Å². The summed E-state index contributed by atoms with van der Waals surface area (Å²) in [4.78, 5) is 57.0. The molecule has 3 aliphatic rings. The standard InChI is InChI=1S/C54H63N7O3.Ho/c1-52(2,3)40-28-37(49(62)43(31-40)46-16-10-13-19-58-46)34-55-22-25-61(26-23-56-35-38-29-41(53(4,5)6)32-44(50(38)63)47-17-11-14-20-59-47)27-24-57-36-39-30-42(54(7,8)9)33-45(51(39)64)48-18-12-15-21-60-48;/h10-21,28-36,55-57H,22-27H2,1-9H3;. The first-order valence-electron chi connectivity index (χ1n) is 22.1. The summed E-state index contributed by atoms with van der Waals surface area (Å²) in [7, 11) is 0. The molecule has 0 aliphatic heterocycles. The van der Waals surface area contributed by atoms with E-state index in [1.807, 2.05) is 110 Å². The first-order chi connectivity index (χ1) is 30.4. The third kappa shape index (κ3) is 13.6. The molecular formula is C54H63HoN7O3. The molecule has 0 bridgehead atoms. The van der Waals surface area contributed by atoms with Crippen molar-refractivity contribution < 1.29 is 52.1 Å². The number of Topliss-reactive ketones (excluding diaryl/α,β-unsaturated/α-hetero) is 3. The topological polar surface area (TPSA) is 129 Å². The van der Waals surface area contributed by atoms with Crippen molar-refractivity contribution in [2.75, 3.05) is 39.3 Å². The van der Waals surface area contributed by atoms with Crippen LogP contribution in [0, 0.1) is 54.0 Å². The zero-order chi connectivity index (χ0) is 46.1. The predicted molar refractivity (Wildman–Crippen MR) is 259 cm³/mol. The minimum absolute atomic E-state index is 0. The van der Waals surface area contributed by atoms with Crippen molar-refractivity contribution in [1.82, 2.24) is 35.8 Å². The fourth-order valence-electron chi connectivity index (χ4n) is 7.26. The van der Waals surface area contributed by atoms with Crippen molar-refractivity contribution in [2.45, 2.75) is 62.3 Å². The largest absolute Gasteiger partial charge is 0.389 e. The molecule has 0 aromatic carbocycles. The minimum Gasteiger partial charge on any atom is -0.389 e. The monoisotopic (exact) mass is 1020 g/mol. The third-order valence-electron chi connectivity index (χ3n) is 11.3. The molecule has 343 valence electrons. The Hall–Kier alpha value is -5.26. The second-order valence-electron chi connectivity index (χ2n) is 19.4. The van der Waals surface area contributed by atoms with Gasteiger partial charge in [0.25, 0.3) is 0 Å². The molecule has 3 aromatic rings. The Bertz CT molecular complexity index is 2230. The van der Waals surface area contributed by atoms with Crippen LogP contribution in [0.2, 0.25) is 0 Å². The summed E-state index contributed by atoms with van der Waals surface area (Å²) in [5, 5.41) is 10.3. The van der Waals surface area contributed by atoms with Crippen LogP contribution in [0.4, 0.5) is 0 Å². The van der Waals surface area contributed by atoms with E-state index in [0.29, 0.717) is 89.8 Å². The van der Waals surface area contributed by atoms with E-state index in [1.54, 1.807) is 18.6 Å². The van der Waals surface area contributed by atoms with E-state index in [2.05, 4.69) is 98.1 Å². The van der Waals surface area contributed by atoms with Gasteiger partial charge < -0.3 is 16.0 Å². The van der Waals surface area contributed by atoms with E-state index in [4.69, 9.17) is 0 Å². The second kappa shape index (κ2) is 22.3. The van der Waals surface area contributed by atoms with Crippen molar-refractivity contribution in [2.24, 2.45) is 16.2 Å². The summed E-state index contributed by atoms with van der Waals surface area (Å²) >= 11 is 0. The average Bonchev–Trinajstić information content (AvgIpc) is 3.26. The molecule has 0 atom stereocenters. The minimum atomic E-state index is -0.174. The normalized spacial score (nSPS) is 17.8. The van der Waals surface area contributed by atoms with Crippen molar-refractivity contribution in [1.29, 1.82) is 0 Å². The van der Waals surface area contributed by atoms with Gasteiger partial charge in [0.2, 0.25) is 0 Å². The maximum atomic E-state index is 13.8. The molecule has 0 unspecified atom stereocenters. The second-order valence-corrected chi connectivity index (χ2v) is 19.4. The van der Waals surface area contributed by atoms with Gasteiger partial charge in [-0.2, -0.15) is 0 Å². The number of carbonyl (C=O) groups excluding carboxylic acids is 3. The van der Waals surface area contributed by atoms with E-state index >= 15 is 0 Å². The summed E-state index contributed by atoms with van der Waals surface area (Å²) < 4.78 is 0. The zero-order valence-electron chi connectivity index (χ0n) is 39.2. The predicted octanol–water partition coefficient (Wildman–Crippen LogP) is 8.81. The van der Waals surface area contributed by atoms with Crippen LogP contribution in [0.25, 0.3) is 16.7 Å². The summed E-state index contributed by atoms with van der Waals surface area (Å²) in [5.74, 6) is -0.224. The summed E-state index contributed by atoms with van der Waals surface area (Å²) in [6.07, 6.45) is 22.3. The number of ketones is 3. The number of pyridine rings is 3. The first-order valence-corrected chi connectivity index (χ1v) is 22.1. The number of aromatic nitrogens is 3. The fourth-order valence-corrected chi connectivity index (χ4v) is 7.26. The summed E-state index contributed by atoms with van der Waals surface area (Å²) in [6.45, 7) is 22.9. The average molecular weight is 1020 g/mol. The Morgan fingerprint density at radius 1 is 0.446 bits per heavy atom. The first kappa shape index (κ1) is 50.7. The molecule has 0 spiro atoms. The molecule has 11 heteroatoms. The summed E-state index contributed by atoms with van der Waals surface area (Å²) in [6, 6.07) is 16.8. The number of hydrogen-bond acceptors (Lipinski definition) is 10. The summed E-state index contributed by atoms with van der Waals surface area (Å²) in [5.41, 5.74) is 8.07. The quantitative estimate of drug-likeness (QED) is 0.0772. The molecule has 3 aromatic heterocycles. The fraction of sp³-hybridized carbons (Fsp3) is 0.333. The Balaban J connectivity index is 0.00000793. The van der Waals surface area contributed by atoms with Gasteiger partial charge in [-0.05, 0) is 106 Å². The van der Waals surface area contributed by atoms with Crippen LogP contribution in [0.5, 0.6) is 0 Å². The van der Waals surface area contributed by atoms with Crippen LogP contribution >= 0.6 is 0 Å². The van der Waals surface area contributed by atoms with E-state index in [9.17, 15) is 14.4 Å². The third-order valence-corrected chi connectivity index (χ3v) is 11.3. The Kier molecular flexibility index (Phi) is 17.4. The van der Waals surface area contributed by atoms with Crippen LogP contribution in [0.1, 0.15) is 79.4 Å². The zero-order valence-corrected chi connectivity index (χ0v) is 41.1. The van der Waals surface area contributed by atoms with Crippen molar-refractivity contribution in [3.05, 3.63) is 179 Å². The number of allylic oxidation sites excluding steroid dienone is 15. The van der Waals surface area contributed by atoms with Gasteiger partial charge in [0, 0.05) is 148 Å². The van der Waals surface area contributed by atoms with Gasteiger partial charge in [-0.3, -0.25) is 34.2 Å². The van der Waals surface area contributed by atoms with Gasteiger partial charge >= 0.3 is 0 Å². The van der Waals surface area contributed by atoms with Crippen molar-refractivity contribution in [3.8, 4) is 0 Å². The number of rotatable bonds is 15. The Morgan fingerprint density at radius 3 is 0.954 bits per heavy atom. The molecule has 1 radical (unpaired) electrons. The van der Waals surface area contributed by atoms with Crippen LogP contribution in [-0.2, 0) is 14.4 Å². The molecular weight excluding hydrogens is 960 g/mol. The van der Waals surface area contributed by atoms with Gasteiger partial charge in [-0.15, -0.1) is 0 Å². The van der Waals surface area contributed by atoms with E-state index in [-0.39, 0.29) is 71.3 Å². The molecule has 0 saturated heterocycles. The molecule has 6 rings (SSSR count). The van der Waals surface area contributed by atoms with Crippen LogP contribution < -0.4 is 16.0 Å². The van der Waals surface area contributed by atoms with E-state index in [1.165, 1.54) is 0 Å². The maximum Gasteiger partial charge on any atom is 0.196 e. The molecule has 3 aliphatic carbocycles. The number of carbonyl (C=O) groups is 3. The Morgan fingerprint density at radius 2 is 0.723 bits per heavy atom. The SMILES string of the molecule is CC(C)(C)C1=CC(=CNCCN(CCNC=C2C=C(C(C)(C)C)C=C(c3ccccn3)C2=O)CCNC=C2C=C(C(C)(C)C)C=C(c3ccccn3)C2=O)C(=O)C(c2ccccn2)=C1.[Ho]. The molecule has 10 nitrogen and oxygen atoms in total. The van der Waals surface area contributed by atoms with Gasteiger partial charge in [-0.25, -0.2) is 0 Å². The van der Waals surface area contributed by atoms with E-state index in [0.717, 1.165) is 16.7 Å². The number of hydrogen-bond donors (Lipinski definition) is 3. The number of nitrogens with zero attached hydrogens (tertiary/aromatic N) is 4.